The summed E-state index contributed by atoms with van der Waals surface area (Å²) in [4.78, 5) is 27.5. The van der Waals surface area contributed by atoms with Crippen molar-refractivity contribution < 1.29 is 19.1 Å². The van der Waals surface area contributed by atoms with Crippen molar-refractivity contribution in [2.45, 2.75) is 32.4 Å². The molecule has 0 bridgehead atoms. The molecule has 1 saturated heterocycles. The molecule has 1 aliphatic heterocycles. The molecule has 0 aromatic heterocycles. The van der Waals surface area contributed by atoms with E-state index in [2.05, 4.69) is 5.32 Å². The average Bonchev–Trinajstić information content (AvgIpc) is 2.77. The van der Waals surface area contributed by atoms with Crippen LogP contribution in [0.3, 0.4) is 0 Å². The summed E-state index contributed by atoms with van der Waals surface area (Å²) >= 11 is 0. The standard InChI is InChI=1S/C23H28N2O4/c1-4-25-21(26)13-12-19(22(25)16-9-7-10-18(14-16)28-2)23(27)24-15-17-8-5-6-11-20(17)29-3/h5-11,14,19,22H,4,12-13,15H2,1-3H3,(H,24,27)/t19-,22+/m1/s1. The summed E-state index contributed by atoms with van der Waals surface area (Å²) in [6.45, 7) is 2.88. The fourth-order valence-electron chi connectivity index (χ4n) is 4.00. The van der Waals surface area contributed by atoms with Crippen LogP contribution < -0.4 is 14.8 Å². The number of methoxy groups -OCH3 is 2. The second-order valence-electron chi connectivity index (χ2n) is 7.08. The molecule has 0 unspecified atom stereocenters. The Hall–Kier alpha value is -3.02. The third kappa shape index (κ3) is 4.53. The number of piperidine rings is 1. The second-order valence-corrected chi connectivity index (χ2v) is 7.08. The predicted octanol–water partition coefficient (Wildman–Crippen LogP) is 3.32. The van der Waals surface area contributed by atoms with E-state index >= 15 is 0 Å². The zero-order valence-electron chi connectivity index (χ0n) is 17.2. The van der Waals surface area contributed by atoms with E-state index in [0.717, 1.165) is 16.9 Å². The zero-order valence-corrected chi connectivity index (χ0v) is 17.2. The number of nitrogens with one attached hydrogen (secondary N) is 1. The number of benzene rings is 2. The summed E-state index contributed by atoms with van der Waals surface area (Å²) in [6, 6.07) is 14.9. The zero-order chi connectivity index (χ0) is 20.8. The monoisotopic (exact) mass is 396 g/mol. The average molecular weight is 396 g/mol. The summed E-state index contributed by atoms with van der Waals surface area (Å²) in [5, 5.41) is 3.04. The van der Waals surface area contributed by atoms with Gasteiger partial charge in [0.05, 0.1) is 26.2 Å². The van der Waals surface area contributed by atoms with E-state index in [-0.39, 0.29) is 23.8 Å². The first-order valence-corrected chi connectivity index (χ1v) is 9.92. The Balaban J connectivity index is 1.84. The van der Waals surface area contributed by atoms with Crippen molar-refractivity contribution in [1.82, 2.24) is 10.2 Å². The Labute approximate surface area is 171 Å². The van der Waals surface area contributed by atoms with Gasteiger partial charge in [0.1, 0.15) is 11.5 Å². The van der Waals surface area contributed by atoms with Gasteiger partial charge in [-0.2, -0.15) is 0 Å². The largest absolute Gasteiger partial charge is 0.497 e. The van der Waals surface area contributed by atoms with Crippen LogP contribution in [0.25, 0.3) is 0 Å². The van der Waals surface area contributed by atoms with E-state index in [1.165, 1.54) is 0 Å². The molecule has 2 aromatic rings. The van der Waals surface area contributed by atoms with Crippen molar-refractivity contribution in [3.05, 3.63) is 59.7 Å². The first-order valence-electron chi connectivity index (χ1n) is 9.92. The van der Waals surface area contributed by atoms with Crippen LogP contribution in [0.5, 0.6) is 11.5 Å². The van der Waals surface area contributed by atoms with Crippen LogP contribution >= 0.6 is 0 Å². The van der Waals surface area contributed by atoms with E-state index in [4.69, 9.17) is 9.47 Å². The van der Waals surface area contributed by atoms with Crippen LogP contribution in [-0.2, 0) is 16.1 Å². The van der Waals surface area contributed by atoms with E-state index in [1.54, 1.807) is 19.1 Å². The first-order chi connectivity index (χ1) is 14.1. The molecule has 1 fully saturated rings. The van der Waals surface area contributed by atoms with Crippen LogP contribution in [0.15, 0.2) is 48.5 Å². The molecule has 29 heavy (non-hydrogen) atoms. The highest BCUT2D eigenvalue weighted by molar-refractivity contribution is 5.85. The van der Waals surface area contributed by atoms with Gasteiger partial charge >= 0.3 is 0 Å². The molecular formula is C23H28N2O4. The SMILES string of the molecule is CCN1C(=O)CC[C@@H](C(=O)NCc2ccccc2OC)[C@@H]1c1cccc(OC)c1. The van der Waals surface area contributed by atoms with Crippen molar-refractivity contribution in [1.29, 1.82) is 0 Å². The lowest BCUT2D eigenvalue weighted by molar-refractivity contribution is -0.143. The van der Waals surface area contributed by atoms with Gasteiger partial charge in [0.15, 0.2) is 0 Å². The topological polar surface area (TPSA) is 67.9 Å². The number of nitrogens with zero attached hydrogens (tertiary/aromatic N) is 1. The Morgan fingerprint density at radius 3 is 2.66 bits per heavy atom. The molecule has 2 aromatic carbocycles. The van der Waals surface area contributed by atoms with Crippen LogP contribution in [0.2, 0.25) is 0 Å². The molecule has 1 heterocycles. The summed E-state index contributed by atoms with van der Waals surface area (Å²) in [5.41, 5.74) is 1.83. The lowest BCUT2D eigenvalue weighted by atomic mass is 9.83. The molecule has 2 atom stereocenters. The minimum Gasteiger partial charge on any atom is -0.497 e. The van der Waals surface area contributed by atoms with Crippen molar-refractivity contribution in [2.24, 2.45) is 5.92 Å². The number of rotatable bonds is 7. The van der Waals surface area contributed by atoms with E-state index < -0.39 is 0 Å². The molecule has 0 spiro atoms. The van der Waals surface area contributed by atoms with Crippen molar-refractivity contribution in [3.63, 3.8) is 0 Å². The smallest absolute Gasteiger partial charge is 0.225 e. The van der Waals surface area contributed by atoms with Crippen LogP contribution in [0.1, 0.15) is 36.9 Å². The summed E-state index contributed by atoms with van der Waals surface area (Å²) in [6.07, 6.45) is 0.899. The number of hydrogen-bond acceptors (Lipinski definition) is 4. The highest BCUT2D eigenvalue weighted by atomic mass is 16.5. The highest BCUT2D eigenvalue weighted by Crippen LogP contribution is 2.38. The normalized spacial score (nSPS) is 19.0. The molecule has 6 nitrogen and oxygen atoms in total. The molecule has 3 rings (SSSR count). The second kappa shape index (κ2) is 9.45. The van der Waals surface area contributed by atoms with Gasteiger partial charge in [-0.3, -0.25) is 9.59 Å². The van der Waals surface area contributed by atoms with Gasteiger partial charge in [-0.1, -0.05) is 30.3 Å². The summed E-state index contributed by atoms with van der Waals surface area (Å²) < 4.78 is 10.7. The van der Waals surface area contributed by atoms with E-state index in [0.29, 0.717) is 31.7 Å². The number of carbonyl (C=O) groups excluding carboxylic acids is 2. The molecule has 1 N–H and O–H groups in total. The summed E-state index contributed by atoms with van der Waals surface area (Å²) in [5.74, 6) is 1.15. The minimum atomic E-state index is -0.325. The molecule has 0 radical (unpaired) electrons. The molecule has 1 aliphatic rings. The highest BCUT2D eigenvalue weighted by Gasteiger charge is 2.40. The fourth-order valence-corrected chi connectivity index (χ4v) is 4.00. The maximum Gasteiger partial charge on any atom is 0.225 e. The maximum absolute atomic E-state index is 13.2. The van der Waals surface area contributed by atoms with Gasteiger partial charge in [0.2, 0.25) is 11.8 Å². The molecule has 0 saturated carbocycles. The third-order valence-electron chi connectivity index (χ3n) is 5.46. The lowest BCUT2D eigenvalue weighted by Crippen LogP contribution is -2.47. The van der Waals surface area contributed by atoms with Crippen molar-refractivity contribution in [2.75, 3.05) is 20.8 Å². The molecule has 6 heteroatoms. The number of likely N-dealkylation sites (tertiary alicyclic amines) is 1. The van der Waals surface area contributed by atoms with Gasteiger partial charge in [-0.15, -0.1) is 0 Å². The number of amides is 2. The number of ether oxygens (including phenoxy) is 2. The number of para-hydroxylation sites is 1. The van der Waals surface area contributed by atoms with E-state index in [9.17, 15) is 9.59 Å². The van der Waals surface area contributed by atoms with Gasteiger partial charge in [-0.05, 0) is 37.1 Å². The number of hydrogen-bond donors (Lipinski definition) is 1. The Morgan fingerprint density at radius 1 is 1.14 bits per heavy atom. The van der Waals surface area contributed by atoms with Gasteiger partial charge in [-0.25, -0.2) is 0 Å². The summed E-state index contributed by atoms with van der Waals surface area (Å²) in [7, 11) is 3.23. The first kappa shape index (κ1) is 20.7. The Kier molecular flexibility index (Phi) is 6.75. The van der Waals surface area contributed by atoms with Crippen molar-refractivity contribution in [3.8, 4) is 11.5 Å². The molecule has 2 amide bonds. The van der Waals surface area contributed by atoms with Crippen LogP contribution in [0, 0.1) is 5.92 Å². The van der Waals surface area contributed by atoms with Gasteiger partial charge in [0, 0.05) is 25.1 Å². The van der Waals surface area contributed by atoms with Crippen molar-refractivity contribution >= 4 is 11.8 Å². The fraction of sp³-hybridized carbons (Fsp3) is 0.391. The van der Waals surface area contributed by atoms with Crippen LogP contribution in [0.4, 0.5) is 0 Å². The van der Waals surface area contributed by atoms with Gasteiger partial charge in [0.25, 0.3) is 0 Å². The van der Waals surface area contributed by atoms with Crippen LogP contribution in [-0.4, -0.2) is 37.5 Å². The Bertz CT molecular complexity index is 867. The van der Waals surface area contributed by atoms with E-state index in [1.807, 2.05) is 55.5 Å². The quantitative estimate of drug-likeness (QED) is 0.780. The molecular weight excluding hydrogens is 368 g/mol. The van der Waals surface area contributed by atoms with Gasteiger partial charge < -0.3 is 19.7 Å². The molecule has 0 aliphatic carbocycles. The Morgan fingerprint density at radius 2 is 1.93 bits per heavy atom. The maximum atomic E-state index is 13.2. The third-order valence-corrected chi connectivity index (χ3v) is 5.46. The lowest BCUT2D eigenvalue weighted by Gasteiger charge is -2.40. The molecule has 154 valence electrons. The minimum absolute atomic E-state index is 0.0605. The number of carbonyl (C=O) groups is 2. The predicted molar refractivity (Wildman–Crippen MR) is 111 cm³/mol.